The van der Waals surface area contributed by atoms with Gasteiger partial charge >= 0.3 is 0 Å². The highest BCUT2D eigenvalue weighted by molar-refractivity contribution is 5.40. The van der Waals surface area contributed by atoms with Crippen LogP contribution in [0.15, 0.2) is 6.20 Å². The number of aromatic nitrogens is 2. The molecule has 0 aromatic carbocycles. The molecule has 0 bridgehead atoms. The Balaban J connectivity index is 1.96. The van der Waals surface area contributed by atoms with E-state index in [4.69, 9.17) is 0 Å². The van der Waals surface area contributed by atoms with E-state index in [0.29, 0.717) is 23.6 Å². The number of nitrogens with zero attached hydrogens (tertiary/aromatic N) is 2. The minimum atomic E-state index is -0.391. The Morgan fingerprint density at radius 2 is 2.17 bits per heavy atom. The summed E-state index contributed by atoms with van der Waals surface area (Å²) < 4.78 is 13.5. The van der Waals surface area contributed by atoms with Gasteiger partial charge < -0.3 is 10.6 Å². The van der Waals surface area contributed by atoms with E-state index in [0.717, 1.165) is 6.54 Å². The third-order valence-electron chi connectivity index (χ3n) is 3.79. The summed E-state index contributed by atoms with van der Waals surface area (Å²) in [5, 5.41) is 5.93. The van der Waals surface area contributed by atoms with Gasteiger partial charge in [-0.2, -0.15) is 4.98 Å². The molecule has 1 saturated carbocycles. The molecule has 1 aliphatic carbocycles. The molecule has 2 rings (SSSR count). The summed E-state index contributed by atoms with van der Waals surface area (Å²) in [5.74, 6) is 1.67. The Kier molecular flexibility index (Phi) is 4.33. The van der Waals surface area contributed by atoms with Gasteiger partial charge in [-0.05, 0) is 18.3 Å². The summed E-state index contributed by atoms with van der Waals surface area (Å²) >= 11 is 0. The molecule has 5 heteroatoms. The van der Waals surface area contributed by atoms with Crippen molar-refractivity contribution in [1.82, 2.24) is 9.97 Å². The van der Waals surface area contributed by atoms with Crippen LogP contribution < -0.4 is 10.6 Å². The van der Waals surface area contributed by atoms with Crippen molar-refractivity contribution in [3.63, 3.8) is 0 Å². The molecule has 4 nitrogen and oxygen atoms in total. The number of hydrogen-bond donors (Lipinski definition) is 2. The second-order valence-corrected chi connectivity index (χ2v) is 5.04. The van der Waals surface area contributed by atoms with Crippen LogP contribution in [-0.2, 0) is 0 Å². The van der Waals surface area contributed by atoms with Crippen LogP contribution in [0, 0.1) is 17.7 Å². The Hall–Kier alpha value is -1.39. The van der Waals surface area contributed by atoms with Crippen LogP contribution in [0.25, 0.3) is 0 Å². The van der Waals surface area contributed by atoms with Crippen molar-refractivity contribution < 1.29 is 4.39 Å². The van der Waals surface area contributed by atoms with Crippen molar-refractivity contribution >= 4 is 11.8 Å². The first-order valence-electron chi connectivity index (χ1n) is 6.65. The minimum absolute atomic E-state index is 0.298. The van der Waals surface area contributed by atoms with Crippen LogP contribution in [0.4, 0.5) is 16.2 Å². The van der Waals surface area contributed by atoms with Crippen molar-refractivity contribution in [2.24, 2.45) is 11.8 Å². The summed E-state index contributed by atoms with van der Waals surface area (Å²) in [4.78, 5) is 7.92. The lowest BCUT2D eigenvalue weighted by molar-refractivity contribution is 0.268. The molecule has 2 unspecified atom stereocenters. The third-order valence-corrected chi connectivity index (χ3v) is 3.79. The van der Waals surface area contributed by atoms with Gasteiger partial charge in [-0.1, -0.05) is 26.2 Å². The summed E-state index contributed by atoms with van der Waals surface area (Å²) in [5.41, 5.74) is 0. The highest BCUT2D eigenvalue weighted by Gasteiger charge is 2.21. The molecule has 1 fully saturated rings. The minimum Gasteiger partial charge on any atom is -0.367 e. The normalized spacial score (nSPS) is 23.7. The maximum Gasteiger partial charge on any atom is 0.224 e. The maximum absolute atomic E-state index is 13.5. The Morgan fingerprint density at radius 1 is 1.39 bits per heavy atom. The van der Waals surface area contributed by atoms with E-state index in [1.54, 1.807) is 7.05 Å². The lowest BCUT2D eigenvalue weighted by atomic mass is 9.80. The average molecular weight is 252 g/mol. The number of anilines is 2. The van der Waals surface area contributed by atoms with Crippen LogP contribution in [0.3, 0.4) is 0 Å². The van der Waals surface area contributed by atoms with E-state index in [-0.39, 0.29) is 0 Å². The molecular weight excluding hydrogens is 231 g/mol. The zero-order chi connectivity index (χ0) is 13.0. The largest absolute Gasteiger partial charge is 0.367 e. The Labute approximate surface area is 107 Å². The summed E-state index contributed by atoms with van der Waals surface area (Å²) in [6, 6.07) is 0. The maximum atomic E-state index is 13.5. The van der Waals surface area contributed by atoms with Crippen molar-refractivity contribution in [1.29, 1.82) is 0 Å². The second kappa shape index (κ2) is 5.98. The van der Waals surface area contributed by atoms with Gasteiger partial charge in [-0.3, -0.25) is 0 Å². The van der Waals surface area contributed by atoms with E-state index in [1.165, 1.54) is 31.9 Å². The lowest BCUT2D eigenvalue weighted by Gasteiger charge is -2.29. The molecule has 2 atom stereocenters. The van der Waals surface area contributed by atoms with Gasteiger partial charge in [0.25, 0.3) is 0 Å². The van der Waals surface area contributed by atoms with Gasteiger partial charge in [0, 0.05) is 13.6 Å². The van der Waals surface area contributed by atoms with E-state index in [1.807, 2.05) is 0 Å². The molecule has 1 heterocycles. The summed E-state index contributed by atoms with van der Waals surface area (Å²) in [6.45, 7) is 3.07. The average Bonchev–Trinajstić information content (AvgIpc) is 2.39. The first kappa shape index (κ1) is 13.1. The predicted molar refractivity (Wildman–Crippen MR) is 71.1 cm³/mol. The highest BCUT2D eigenvalue weighted by atomic mass is 19.1. The SMILES string of the molecule is CNc1ncc(F)c(NCC2CCCCC2C)n1. The quantitative estimate of drug-likeness (QED) is 0.865. The molecule has 18 heavy (non-hydrogen) atoms. The number of halogens is 1. The smallest absolute Gasteiger partial charge is 0.224 e. The van der Waals surface area contributed by atoms with Crippen LogP contribution in [0.5, 0.6) is 0 Å². The van der Waals surface area contributed by atoms with Gasteiger partial charge in [0.2, 0.25) is 5.95 Å². The van der Waals surface area contributed by atoms with Crippen molar-refractivity contribution in [2.75, 3.05) is 24.2 Å². The van der Waals surface area contributed by atoms with Crippen LogP contribution >= 0.6 is 0 Å². The van der Waals surface area contributed by atoms with Crippen molar-refractivity contribution in [2.45, 2.75) is 32.6 Å². The molecule has 2 N–H and O–H groups in total. The molecule has 100 valence electrons. The third kappa shape index (κ3) is 3.09. The first-order chi connectivity index (χ1) is 8.70. The van der Waals surface area contributed by atoms with Crippen molar-refractivity contribution in [3.05, 3.63) is 12.0 Å². The molecule has 1 aromatic rings. The zero-order valence-corrected chi connectivity index (χ0v) is 11.0. The molecule has 1 aliphatic rings. The Morgan fingerprint density at radius 3 is 2.89 bits per heavy atom. The second-order valence-electron chi connectivity index (χ2n) is 5.04. The molecule has 0 saturated heterocycles. The van der Waals surface area contributed by atoms with Crippen molar-refractivity contribution in [3.8, 4) is 0 Å². The first-order valence-corrected chi connectivity index (χ1v) is 6.65. The van der Waals surface area contributed by atoms with Gasteiger partial charge in [0.1, 0.15) is 0 Å². The fraction of sp³-hybridized carbons (Fsp3) is 0.692. The Bertz CT molecular complexity index is 397. The topological polar surface area (TPSA) is 49.8 Å². The molecule has 0 radical (unpaired) electrons. The standard InChI is InChI=1S/C13H21FN4/c1-9-5-3-4-6-10(9)7-16-12-11(14)8-17-13(15-2)18-12/h8-10H,3-7H2,1-2H3,(H2,15,16,17,18). The molecule has 1 aromatic heterocycles. The van der Waals surface area contributed by atoms with Gasteiger partial charge in [-0.15, -0.1) is 0 Å². The zero-order valence-electron chi connectivity index (χ0n) is 11.0. The van der Waals surface area contributed by atoms with Gasteiger partial charge in [-0.25, -0.2) is 9.37 Å². The van der Waals surface area contributed by atoms with Gasteiger partial charge in [0.05, 0.1) is 6.20 Å². The summed E-state index contributed by atoms with van der Waals surface area (Å²) in [7, 11) is 1.72. The lowest BCUT2D eigenvalue weighted by Crippen LogP contribution is -2.25. The fourth-order valence-electron chi connectivity index (χ4n) is 2.54. The summed E-state index contributed by atoms with van der Waals surface area (Å²) in [6.07, 6.45) is 6.31. The van der Waals surface area contributed by atoms with Crippen LogP contribution in [0.2, 0.25) is 0 Å². The molecule has 0 amide bonds. The highest BCUT2D eigenvalue weighted by Crippen LogP contribution is 2.29. The van der Waals surface area contributed by atoms with Crippen LogP contribution in [0.1, 0.15) is 32.6 Å². The van der Waals surface area contributed by atoms with E-state index in [9.17, 15) is 4.39 Å². The van der Waals surface area contributed by atoms with Gasteiger partial charge in [0.15, 0.2) is 11.6 Å². The predicted octanol–water partition coefficient (Wildman–Crippen LogP) is 2.90. The number of rotatable bonds is 4. The van der Waals surface area contributed by atoms with E-state index >= 15 is 0 Å². The monoisotopic (exact) mass is 252 g/mol. The van der Waals surface area contributed by atoms with E-state index in [2.05, 4.69) is 27.5 Å². The van der Waals surface area contributed by atoms with E-state index < -0.39 is 5.82 Å². The number of nitrogens with one attached hydrogen (secondary N) is 2. The molecule has 0 aliphatic heterocycles. The van der Waals surface area contributed by atoms with Crippen LogP contribution in [-0.4, -0.2) is 23.6 Å². The number of hydrogen-bond acceptors (Lipinski definition) is 4. The molecular formula is C13H21FN4. The fourth-order valence-corrected chi connectivity index (χ4v) is 2.54. The molecule has 0 spiro atoms.